The van der Waals surface area contributed by atoms with Gasteiger partial charge in [-0.25, -0.2) is 0 Å². The van der Waals surface area contributed by atoms with Gasteiger partial charge in [-0.1, -0.05) is 130 Å². The van der Waals surface area contributed by atoms with E-state index in [1.807, 2.05) is 72.8 Å². The highest BCUT2D eigenvalue weighted by Crippen LogP contribution is 2.36. The van der Waals surface area contributed by atoms with Crippen LogP contribution < -0.4 is 5.46 Å². The molecule has 0 radical (unpaired) electrons. The smallest absolute Gasteiger partial charge is 0.456 e. The zero-order valence-electron chi connectivity index (χ0n) is 23.1. The molecule has 0 spiro atoms. The van der Waals surface area contributed by atoms with Gasteiger partial charge in [0.1, 0.15) is 22.3 Å². The molecule has 2 aromatic heterocycles. The van der Waals surface area contributed by atoms with Crippen LogP contribution in [-0.2, 0) is 0 Å². The van der Waals surface area contributed by atoms with Gasteiger partial charge < -0.3 is 18.9 Å². The molecule has 0 bridgehead atoms. The van der Waals surface area contributed by atoms with Crippen molar-refractivity contribution in [2.45, 2.75) is 7.43 Å². The molecule has 4 nitrogen and oxygen atoms in total. The Labute approximate surface area is 292 Å². The summed E-state index contributed by atoms with van der Waals surface area (Å²) < 4.78 is 15.2. The molecule has 0 amide bonds. The van der Waals surface area contributed by atoms with E-state index in [1.54, 1.807) is 12.1 Å². The molecule has 2 heterocycles. The molecule has 8 heteroatoms. The fraction of sp³-hybridized carbons (Fsp3) is 0.0270. The standard InChI is InChI=1S/C18H11BrO.C12H9BO3.C6H4BrI.CH4/c19-13-6-3-5-12(11-13)14-8-4-9-16-15-7-1-2-10-17(15)20-18(14)16;14-13(15)10-6-3-5-9-8-4-1-2-7-11(8)16-12(9)10;7-5-2-1-3-6(8)4-5;/h1-11H;1-7,14-15H;1-4H;1H4. The molecule has 45 heavy (non-hydrogen) atoms. The van der Waals surface area contributed by atoms with Crippen LogP contribution in [0.25, 0.3) is 55.0 Å². The van der Waals surface area contributed by atoms with Gasteiger partial charge in [0.05, 0.1) is 0 Å². The highest BCUT2D eigenvalue weighted by Gasteiger charge is 2.18. The summed E-state index contributed by atoms with van der Waals surface area (Å²) in [6.07, 6.45) is 0. The average Bonchev–Trinajstić information content (AvgIpc) is 3.60. The maximum atomic E-state index is 9.24. The van der Waals surface area contributed by atoms with Crippen molar-refractivity contribution in [3.05, 3.63) is 146 Å². The fourth-order valence-corrected chi connectivity index (χ4v) is 6.83. The number of benzene rings is 6. The molecule has 224 valence electrons. The Hall–Kier alpha value is -3.41. The lowest BCUT2D eigenvalue weighted by molar-refractivity contribution is 0.425. The maximum absolute atomic E-state index is 9.24. The van der Waals surface area contributed by atoms with Gasteiger partial charge in [0, 0.05) is 45.1 Å². The van der Waals surface area contributed by atoms with E-state index in [-0.39, 0.29) is 7.43 Å². The number of hydrogen-bond donors (Lipinski definition) is 2. The van der Waals surface area contributed by atoms with Crippen molar-refractivity contribution in [3.8, 4) is 11.1 Å². The summed E-state index contributed by atoms with van der Waals surface area (Å²) in [5.41, 5.74) is 5.86. The van der Waals surface area contributed by atoms with Gasteiger partial charge in [0.2, 0.25) is 0 Å². The SMILES string of the molecule is Brc1cccc(-c2cccc3c2oc2ccccc23)c1.Brc1cccc(I)c1.C.OB(O)c1cccc2c1oc1ccccc12. The van der Waals surface area contributed by atoms with Crippen LogP contribution in [0.3, 0.4) is 0 Å². The van der Waals surface area contributed by atoms with Crippen LogP contribution in [0.2, 0.25) is 0 Å². The number of para-hydroxylation sites is 4. The van der Waals surface area contributed by atoms with Crippen LogP contribution in [-0.4, -0.2) is 17.2 Å². The molecule has 8 aromatic rings. The van der Waals surface area contributed by atoms with Crippen LogP contribution in [0, 0.1) is 3.57 Å². The molecule has 0 aliphatic carbocycles. The molecule has 2 N–H and O–H groups in total. The normalized spacial score (nSPS) is 10.6. The third kappa shape index (κ3) is 7.37. The molecular weight excluding hydrogens is 806 g/mol. The monoisotopic (exact) mass is 832 g/mol. The Morgan fingerprint density at radius 2 is 1.04 bits per heavy atom. The van der Waals surface area contributed by atoms with Gasteiger partial charge in [-0.3, -0.25) is 0 Å². The van der Waals surface area contributed by atoms with Gasteiger partial charge in [0.25, 0.3) is 0 Å². The highest BCUT2D eigenvalue weighted by atomic mass is 127. The summed E-state index contributed by atoms with van der Waals surface area (Å²) in [4.78, 5) is 0. The maximum Gasteiger partial charge on any atom is 0.492 e. The Bertz CT molecular complexity index is 2210. The van der Waals surface area contributed by atoms with Gasteiger partial charge in [-0.05, 0) is 70.6 Å². The van der Waals surface area contributed by atoms with Crippen molar-refractivity contribution in [1.29, 1.82) is 0 Å². The van der Waals surface area contributed by atoms with E-state index in [0.29, 0.717) is 11.0 Å². The van der Waals surface area contributed by atoms with E-state index in [2.05, 4.69) is 103 Å². The summed E-state index contributed by atoms with van der Waals surface area (Å²) in [5.74, 6) is 0. The zero-order chi connectivity index (χ0) is 30.6. The van der Waals surface area contributed by atoms with E-state index in [0.717, 1.165) is 53.0 Å². The first-order valence-corrected chi connectivity index (χ1v) is 16.4. The van der Waals surface area contributed by atoms with Crippen molar-refractivity contribution in [1.82, 2.24) is 0 Å². The molecule has 0 fully saturated rings. The van der Waals surface area contributed by atoms with Crippen LogP contribution >= 0.6 is 54.5 Å². The topological polar surface area (TPSA) is 66.7 Å². The summed E-state index contributed by atoms with van der Waals surface area (Å²) in [6, 6.07) is 43.9. The second-order valence-electron chi connectivity index (χ2n) is 9.93. The Balaban J connectivity index is 0.000000143. The Kier molecular flexibility index (Phi) is 10.8. The predicted molar refractivity (Wildman–Crippen MR) is 204 cm³/mol. The summed E-state index contributed by atoms with van der Waals surface area (Å²) in [6.45, 7) is 0. The largest absolute Gasteiger partial charge is 0.492 e. The molecule has 0 saturated heterocycles. The first-order chi connectivity index (χ1) is 21.4. The second-order valence-corrected chi connectivity index (χ2v) is 13.0. The third-order valence-electron chi connectivity index (χ3n) is 7.04. The van der Waals surface area contributed by atoms with Crippen molar-refractivity contribution in [2.75, 3.05) is 0 Å². The van der Waals surface area contributed by atoms with Crippen molar-refractivity contribution < 1.29 is 18.9 Å². The van der Waals surface area contributed by atoms with Gasteiger partial charge >= 0.3 is 7.12 Å². The molecular formula is C37H28BBr2IO4. The fourth-order valence-electron chi connectivity index (χ4n) is 5.06. The molecule has 0 aliphatic rings. The molecule has 8 rings (SSSR count). The number of rotatable bonds is 2. The minimum Gasteiger partial charge on any atom is -0.456 e. The number of hydrogen-bond acceptors (Lipinski definition) is 4. The van der Waals surface area contributed by atoms with Crippen LogP contribution in [0.5, 0.6) is 0 Å². The predicted octanol–water partition coefficient (Wildman–Crippen LogP) is 11.0. The summed E-state index contributed by atoms with van der Waals surface area (Å²) in [7, 11) is -1.51. The molecule has 6 aromatic carbocycles. The van der Waals surface area contributed by atoms with Crippen LogP contribution in [0.15, 0.2) is 151 Å². The molecule has 0 aliphatic heterocycles. The molecule has 0 atom stereocenters. The molecule has 0 saturated carbocycles. The van der Waals surface area contributed by atoms with Crippen molar-refractivity contribution >= 4 is 111 Å². The minimum absolute atomic E-state index is 0. The second kappa shape index (κ2) is 14.8. The lowest BCUT2D eigenvalue weighted by Gasteiger charge is -2.03. The Morgan fingerprint density at radius 3 is 1.62 bits per heavy atom. The van der Waals surface area contributed by atoms with Gasteiger partial charge in [-0.2, -0.15) is 0 Å². The summed E-state index contributed by atoms with van der Waals surface area (Å²) >= 11 is 9.16. The molecule has 0 unspecified atom stereocenters. The lowest BCUT2D eigenvalue weighted by atomic mass is 9.79. The van der Waals surface area contributed by atoms with E-state index in [4.69, 9.17) is 8.83 Å². The minimum atomic E-state index is -1.51. The van der Waals surface area contributed by atoms with Crippen molar-refractivity contribution in [2.24, 2.45) is 0 Å². The van der Waals surface area contributed by atoms with E-state index >= 15 is 0 Å². The highest BCUT2D eigenvalue weighted by molar-refractivity contribution is 14.1. The van der Waals surface area contributed by atoms with Gasteiger partial charge in [-0.15, -0.1) is 0 Å². The third-order valence-corrected chi connectivity index (χ3v) is 8.70. The van der Waals surface area contributed by atoms with E-state index < -0.39 is 7.12 Å². The van der Waals surface area contributed by atoms with Crippen LogP contribution in [0.1, 0.15) is 7.43 Å². The quantitative estimate of drug-likeness (QED) is 0.134. The van der Waals surface area contributed by atoms with E-state index in [1.165, 1.54) is 8.96 Å². The first kappa shape index (κ1) is 33.0. The number of halogens is 3. The summed E-state index contributed by atoms with van der Waals surface area (Å²) in [5, 5.41) is 22.7. The van der Waals surface area contributed by atoms with Crippen LogP contribution in [0.4, 0.5) is 0 Å². The van der Waals surface area contributed by atoms with Crippen molar-refractivity contribution in [3.63, 3.8) is 0 Å². The first-order valence-electron chi connectivity index (χ1n) is 13.7. The van der Waals surface area contributed by atoms with Gasteiger partial charge in [0.15, 0.2) is 0 Å². The number of furan rings is 2. The number of fused-ring (bicyclic) bond motifs is 6. The van der Waals surface area contributed by atoms with E-state index in [9.17, 15) is 10.0 Å². The zero-order valence-corrected chi connectivity index (χ0v) is 28.5. The lowest BCUT2D eigenvalue weighted by Crippen LogP contribution is -2.29. The average molecular weight is 834 g/mol. The Morgan fingerprint density at radius 1 is 0.533 bits per heavy atom.